The normalized spacial score (nSPS) is 10.5. The summed E-state index contributed by atoms with van der Waals surface area (Å²) in [4.78, 5) is 26.5. The van der Waals surface area contributed by atoms with Crippen LogP contribution in [0, 0.1) is 5.92 Å². The zero-order valence-electron chi connectivity index (χ0n) is 10.3. The lowest BCUT2D eigenvalue weighted by Crippen LogP contribution is -2.35. The minimum atomic E-state index is -0.398. The fraction of sp³-hybridized carbons (Fsp3) is 0.583. The molecule has 1 heterocycles. The van der Waals surface area contributed by atoms with E-state index >= 15 is 0 Å². The van der Waals surface area contributed by atoms with Gasteiger partial charge in [-0.25, -0.2) is 9.78 Å². The molecule has 17 heavy (non-hydrogen) atoms. The molecular weight excluding hydrogens is 218 g/mol. The van der Waals surface area contributed by atoms with E-state index in [0.717, 1.165) is 12.8 Å². The van der Waals surface area contributed by atoms with Crippen molar-refractivity contribution in [3.05, 3.63) is 28.9 Å². The Bertz CT molecular complexity index is 410. The van der Waals surface area contributed by atoms with Gasteiger partial charge in [-0.2, -0.15) is 0 Å². The third-order valence-corrected chi connectivity index (χ3v) is 2.84. The molecule has 0 fully saturated rings. The Kier molecular flexibility index (Phi) is 5.39. The fourth-order valence-corrected chi connectivity index (χ4v) is 1.55. The SMILES string of the molecule is CCC(CC)CNC(=O)Cn1cccnc1=O. The van der Waals surface area contributed by atoms with Gasteiger partial charge < -0.3 is 5.32 Å². The maximum atomic E-state index is 11.6. The summed E-state index contributed by atoms with van der Waals surface area (Å²) in [5.41, 5.74) is -0.398. The maximum absolute atomic E-state index is 11.6. The molecule has 1 N–H and O–H groups in total. The molecule has 1 rings (SSSR count). The highest BCUT2D eigenvalue weighted by Gasteiger charge is 2.07. The van der Waals surface area contributed by atoms with Crippen LogP contribution in [0.5, 0.6) is 0 Å². The number of nitrogens with one attached hydrogen (secondary N) is 1. The predicted molar refractivity (Wildman–Crippen MR) is 65.6 cm³/mol. The van der Waals surface area contributed by atoms with Gasteiger partial charge in [0.1, 0.15) is 6.54 Å². The first-order valence-electron chi connectivity index (χ1n) is 5.95. The molecule has 0 aliphatic rings. The second-order valence-electron chi connectivity index (χ2n) is 4.02. The number of amides is 1. The molecule has 1 aromatic heterocycles. The maximum Gasteiger partial charge on any atom is 0.347 e. The number of nitrogens with zero attached hydrogens (tertiary/aromatic N) is 2. The van der Waals surface area contributed by atoms with Crippen molar-refractivity contribution in [1.29, 1.82) is 0 Å². The smallest absolute Gasteiger partial charge is 0.347 e. The molecule has 0 aliphatic carbocycles. The van der Waals surface area contributed by atoms with Crippen LogP contribution >= 0.6 is 0 Å². The largest absolute Gasteiger partial charge is 0.354 e. The van der Waals surface area contributed by atoms with Gasteiger partial charge in [0.25, 0.3) is 0 Å². The van der Waals surface area contributed by atoms with Crippen molar-refractivity contribution in [3.8, 4) is 0 Å². The summed E-state index contributed by atoms with van der Waals surface area (Å²) >= 11 is 0. The van der Waals surface area contributed by atoms with Crippen molar-refractivity contribution >= 4 is 5.91 Å². The molecule has 1 amide bonds. The third-order valence-electron chi connectivity index (χ3n) is 2.84. The summed E-state index contributed by atoms with van der Waals surface area (Å²) in [7, 11) is 0. The van der Waals surface area contributed by atoms with E-state index < -0.39 is 5.69 Å². The molecular formula is C12H19N3O2. The van der Waals surface area contributed by atoms with Gasteiger partial charge in [-0.05, 0) is 12.0 Å². The molecule has 5 nitrogen and oxygen atoms in total. The molecule has 0 saturated carbocycles. The first-order valence-corrected chi connectivity index (χ1v) is 5.95. The lowest BCUT2D eigenvalue weighted by atomic mass is 10.0. The van der Waals surface area contributed by atoms with Crippen LogP contribution in [0.4, 0.5) is 0 Å². The molecule has 0 aliphatic heterocycles. The Morgan fingerprint density at radius 3 is 2.76 bits per heavy atom. The fourth-order valence-electron chi connectivity index (χ4n) is 1.55. The van der Waals surface area contributed by atoms with E-state index in [0.29, 0.717) is 12.5 Å². The van der Waals surface area contributed by atoms with Crippen LogP contribution < -0.4 is 11.0 Å². The van der Waals surface area contributed by atoms with Gasteiger partial charge in [-0.1, -0.05) is 26.7 Å². The molecule has 0 radical (unpaired) electrons. The van der Waals surface area contributed by atoms with Gasteiger partial charge in [0.2, 0.25) is 5.91 Å². The van der Waals surface area contributed by atoms with E-state index in [9.17, 15) is 9.59 Å². The summed E-state index contributed by atoms with van der Waals surface area (Å²) in [6.07, 6.45) is 5.07. The van der Waals surface area contributed by atoms with E-state index in [2.05, 4.69) is 24.1 Å². The lowest BCUT2D eigenvalue weighted by molar-refractivity contribution is -0.121. The summed E-state index contributed by atoms with van der Waals surface area (Å²) in [5, 5.41) is 2.83. The molecule has 0 unspecified atom stereocenters. The molecule has 0 atom stereocenters. The van der Waals surface area contributed by atoms with E-state index in [-0.39, 0.29) is 12.5 Å². The first-order chi connectivity index (χ1) is 8.17. The zero-order chi connectivity index (χ0) is 12.7. The van der Waals surface area contributed by atoms with Crippen LogP contribution in [0.3, 0.4) is 0 Å². The molecule has 5 heteroatoms. The van der Waals surface area contributed by atoms with Gasteiger partial charge in [0.05, 0.1) is 0 Å². The Labute approximate surface area is 101 Å². The predicted octanol–water partition coefficient (Wildman–Crippen LogP) is 0.796. The molecule has 0 bridgehead atoms. The van der Waals surface area contributed by atoms with Gasteiger partial charge in [-0.15, -0.1) is 0 Å². The van der Waals surface area contributed by atoms with Gasteiger partial charge in [-0.3, -0.25) is 9.36 Å². The van der Waals surface area contributed by atoms with E-state index in [1.807, 2.05) is 0 Å². The quantitative estimate of drug-likeness (QED) is 0.795. The van der Waals surface area contributed by atoms with E-state index in [4.69, 9.17) is 0 Å². The number of carbonyl (C=O) groups is 1. The van der Waals surface area contributed by atoms with Crippen molar-refractivity contribution in [2.75, 3.05) is 6.54 Å². The van der Waals surface area contributed by atoms with Crippen LogP contribution in [-0.2, 0) is 11.3 Å². The van der Waals surface area contributed by atoms with E-state index in [1.165, 1.54) is 10.8 Å². The lowest BCUT2D eigenvalue weighted by Gasteiger charge is -2.13. The third kappa shape index (κ3) is 4.38. The summed E-state index contributed by atoms with van der Waals surface area (Å²) in [6.45, 7) is 4.91. The topological polar surface area (TPSA) is 64.0 Å². The monoisotopic (exact) mass is 237 g/mol. The number of hydrogen-bond acceptors (Lipinski definition) is 3. The van der Waals surface area contributed by atoms with Crippen LogP contribution in [-0.4, -0.2) is 22.0 Å². The molecule has 0 saturated heterocycles. The minimum Gasteiger partial charge on any atom is -0.354 e. The Morgan fingerprint density at radius 1 is 1.47 bits per heavy atom. The highest BCUT2D eigenvalue weighted by atomic mass is 16.2. The van der Waals surface area contributed by atoms with E-state index in [1.54, 1.807) is 12.3 Å². The standard InChI is InChI=1S/C12H19N3O2/c1-3-10(4-2)8-14-11(16)9-15-7-5-6-13-12(15)17/h5-7,10H,3-4,8-9H2,1-2H3,(H,14,16). The summed E-state index contributed by atoms with van der Waals surface area (Å²) in [5.74, 6) is 0.358. The first kappa shape index (κ1) is 13.4. The average molecular weight is 237 g/mol. The van der Waals surface area contributed by atoms with Gasteiger partial charge >= 0.3 is 5.69 Å². The van der Waals surface area contributed by atoms with Crippen LogP contribution in [0.25, 0.3) is 0 Å². The van der Waals surface area contributed by atoms with Crippen molar-refractivity contribution in [2.24, 2.45) is 5.92 Å². The summed E-state index contributed by atoms with van der Waals surface area (Å²) < 4.78 is 1.29. The Morgan fingerprint density at radius 2 is 2.18 bits per heavy atom. The average Bonchev–Trinajstić information content (AvgIpc) is 2.33. The van der Waals surface area contributed by atoms with Gasteiger partial charge in [0, 0.05) is 18.9 Å². The van der Waals surface area contributed by atoms with Crippen molar-refractivity contribution in [1.82, 2.24) is 14.9 Å². The van der Waals surface area contributed by atoms with Crippen LogP contribution in [0.2, 0.25) is 0 Å². The number of rotatable bonds is 6. The minimum absolute atomic E-state index is 0.0345. The highest BCUT2D eigenvalue weighted by Crippen LogP contribution is 2.04. The Balaban J connectivity index is 2.45. The number of carbonyl (C=O) groups excluding carboxylic acids is 1. The van der Waals surface area contributed by atoms with Crippen molar-refractivity contribution < 1.29 is 4.79 Å². The molecule has 0 aromatic carbocycles. The number of aromatic nitrogens is 2. The summed E-state index contributed by atoms with van der Waals surface area (Å²) in [6, 6.07) is 1.63. The second-order valence-corrected chi connectivity index (χ2v) is 4.02. The molecule has 0 spiro atoms. The van der Waals surface area contributed by atoms with Crippen LogP contribution in [0.1, 0.15) is 26.7 Å². The number of hydrogen-bond donors (Lipinski definition) is 1. The van der Waals surface area contributed by atoms with Crippen molar-refractivity contribution in [2.45, 2.75) is 33.2 Å². The highest BCUT2D eigenvalue weighted by molar-refractivity contribution is 5.75. The molecule has 94 valence electrons. The second kappa shape index (κ2) is 6.83. The zero-order valence-corrected chi connectivity index (χ0v) is 10.3. The Hall–Kier alpha value is -1.65. The molecule has 1 aromatic rings. The van der Waals surface area contributed by atoms with Crippen LogP contribution in [0.15, 0.2) is 23.3 Å². The van der Waals surface area contributed by atoms with Gasteiger partial charge in [0.15, 0.2) is 0 Å². The van der Waals surface area contributed by atoms with Crippen molar-refractivity contribution in [3.63, 3.8) is 0 Å².